The van der Waals surface area contributed by atoms with Crippen molar-refractivity contribution in [2.75, 3.05) is 0 Å². The monoisotopic (exact) mass is 338 g/mol. The van der Waals surface area contributed by atoms with E-state index in [-0.39, 0.29) is 30.3 Å². The Hall–Kier alpha value is -2.62. The van der Waals surface area contributed by atoms with Gasteiger partial charge in [0.05, 0.1) is 0 Å². The number of hydrogen-bond donors (Lipinski definition) is 1. The van der Waals surface area contributed by atoms with E-state index < -0.39 is 0 Å². The average Bonchev–Trinajstić information content (AvgIpc) is 2.60. The van der Waals surface area contributed by atoms with Crippen molar-refractivity contribution in [3.8, 4) is 0 Å². The molecule has 0 aliphatic rings. The summed E-state index contributed by atoms with van der Waals surface area (Å²) in [6.45, 7) is 6.46. The lowest BCUT2D eigenvalue weighted by Gasteiger charge is -2.28. The van der Waals surface area contributed by atoms with Gasteiger partial charge in [0.2, 0.25) is 5.91 Å². The van der Waals surface area contributed by atoms with E-state index in [2.05, 4.69) is 5.32 Å². The summed E-state index contributed by atoms with van der Waals surface area (Å²) < 4.78 is 0. The van der Waals surface area contributed by atoms with Crippen molar-refractivity contribution in [3.05, 3.63) is 71.8 Å². The van der Waals surface area contributed by atoms with Gasteiger partial charge in [-0.25, -0.2) is 0 Å². The Morgan fingerprint density at radius 2 is 1.48 bits per heavy atom. The zero-order chi connectivity index (χ0) is 18.2. The van der Waals surface area contributed by atoms with Gasteiger partial charge in [0.1, 0.15) is 0 Å². The topological polar surface area (TPSA) is 49.4 Å². The normalized spacial score (nSPS) is 11.8. The maximum atomic E-state index is 12.7. The summed E-state index contributed by atoms with van der Waals surface area (Å²) in [7, 11) is 0. The molecule has 25 heavy (non-hydrogen) atoms. The Bertz CT molecular complexity index is 684. The summed E-state index contributed by atoms with van der Waals surface area (Å²) in [5.41, 5.74) is 1.71. The highest BCUT2D eigenvalue weighted by atomic mass is 16.2. The van der Waals surface area contributed by atoms with Crippen molar-refractivity contribution in [1.29, 1.82) is 0 Å². The molecule has 4 nitrogen and oxygen atoms in total. The molecule has 1 unspecified atom stereocenters. The second kappa shape index (κ2) is 9.02. The van der Waals surface area contributed by atoms with Gasteiger partial charge in [0.15, 0.2) is 0 Å². The minimum Gasteiger partial charge on any atom is -0.349 e. The number of nitrogens with zero attached hydrogens (tertiary/aromatic N) is 1. The number of carbonyl (C=O) groups is 2. The molecule has 0 aliphatic carbocycles. The van der Waals surface area contributed by atoms with Gasteiger partial charge in [0, 0.05) is 30.6 Å². The fraction of sp³-hybridized carbons (Fsp3) is 0.333. The van der Waals surface area contributed by atoms with Crippen LogP contribution in [0, 0.1) is 0 Å². The van der Waals surface area contributed by atoms with E-state index in [0.717, 1.165) is 5.56 Å². The zero-order valence-corrected chi connectivity index (χ0v) is 15.1. The summed E-state index contributed by atoms with van der Waals surface area (Å²) in [5.74, 6) is -0.111. The second-order valence-corrected chi connectivity index (χ2v) is 6.55. The first-order chi connectivity index (χ1) is 12.0. The summed E-state index contributed by atoms with van der Waals surface area (Å²) in [5, 5.41) is 2.90. The SMILES string of the molecule is CC(CC(=O)N(Cc1ccccc1)C(C)C)NC(=O)c1ccccc1. The molecule has 0 saturated carbocycles. The smallest absolute Gasteiger partial charge is 0.251 e. The average molecular weight is 338 g/mol. The predicted octanol–water partition coefficient (Wildman–Crippen LogP) is 3.63. The Labute approximate surface area is 149 Å². The van der Waals surface area contributed by atoms with Gasteiger partial charge in [-0.15, -0.1) is 0 Å². The van der Waals surface area contributed by atoms with Crippen molar-refractivity contribution in [2.24, 2.45) is 0 Å². The Morgan fingerprint density at radius 1 is 0.920 bits per heavy atom. The zero-order valence-electron chi connectivity index (χ0n) is 15.1. The van der Waals surface area contributed by atoms with E-state index in [1.165, 1.54) is 0 Å². The molecule has 0 bridgehead atoms. The lowest BCUT2D eigenvalue weighted by molar-refractivity contribution is -0.133. The fourth-order valence-corrected chi connectivity index (χ4v) is 2.67. The van der Waals surface area contributed by atoms with Crippen molar-refractivity contribution >= 4 is 11.8 Å². The van der Waals surface area contributed by atoms with Crippen molar-refractivity contribution in [1.82, 2.24) is 10.2 Å². The van der Waals surface area contributed by atoms with Crippen LogP contribution in [0.5, 0.6) is 0 Å². The molecule has 0 aromatic heterocycles. The quantitative estimate of drug-likeness (QED) is 0.838. The number of hydrogen-bond acceptors (Lipinski definition) is 2. The van der Waals surface area contributed by atoms with E-state index in [4.69, 9.17) is 0 Å². The molecule has 0 saturated heterocycles. The fourth-order valence-electron chi connectivity index (χ4n) is 2.67. The van der Waals surface area contributed by atoms with Crippen LogP contribution >= 0.6 is 0 Å². The Kier molecular flexibility index (Phi) is 6.75. The van der Waals surface area contributed by atoms with E-state index in [1.54, 1.807) is 12.1 Å². The number of nitrogens with one attached hydrogen (secondary N) is 1. The van der Waals surface area contributed by atoms with E-state index in [0.29, 0.717) is 12.1 Å². The first kappa shape index (κ1) is 18.7. The number of benzene rings is 2. The highest BCUT2D eigenvalue weighted by molar-refractivity contribution is 5.94. The first-order valence-corrected chi connectivity index (χ1v) is 8.66. The lowest BCUT2D eigenvalue weighted by atomic mass is 10.1. The summed E-state index contributed by atoms with van der Waals surface area (Å²) in [6.07, 6.45) is 0.281. The molecular weight excluding hydrogens is 312 g/mol. The molecule has 0 radical (unpaired) electrons. The standard InChI is InChI=1S/C21H26N2O2/c1-16(2)23(15-18-10-6-4-7-11-18)20(24)14-17(3)22-21(25)19-12-8-5-9-13-19/h4-13,16-17H,14-15H2,1-3H3,(H,22,25). The minimum absolute atomic E-state index is 0.0414. The number of amides is 2. The third-order valence-electron chi connectivity index (χ3n) is 4.03. The minimum atomic E-state index is -0.225. The molecule has 0 aliphatic heterocycles. The first-order valence-electron chi connectivity index (χ1n) is 8.66. The summed E-state index contributed by atoms with van der Waals surface area (Å²) >= 11 is 0. The van der Waals surface area contributed by atoms with Crippen molar-refractivity contribution in [3.63, 3.8) is 0 Å². The molecule has 4 heteroatoms. The van der Waals surface area contributed by atoms with Crippen LogP contribution in [0.1, 0.15) is 43.1 Å². The maximum Gasteiger partial charge on any atom is 0.251 e. The second-order valence-electron chi connectivity index (χ2n) is 6.55. The van der Waals surface area contributed by atoms with Crippen LogP contribution in [0.2, 0.25) is 0 Å². The van der Waals surface area contributed by atoms with Gasteiger partial charge in [-0.3, -0.25) is 9.59 Å². The van der Waals surface area contributed by atoms with Gasteiger partial charge in [0.25, 0.3) is 5.91 Å². The molecule has 2 aromatic carbocycles. The molecule has 1 N–H and O–H groups in total. The maximum absolute atomic E-state index is 12.7. The summed E-state index contributed by atoms with van der Waals surface area (Å²) in [6, 6.07) is 18.9. The largest absolute Gasteiger partial charge is 0.349 e. The van der Waals surface area contributed by atoms with Gasteiger partial charge in [-0.1, -0.05) is 48.5 Å². The van der Waals surface area contributed by atoms with Gasteiger partial charge in [-0.05, 0) is 38.5 Å². The van der Waals surface area contributed by atoms with Crippen LogP contribution in [0.25, 0.3) is 0 Å². The molecule has 2 rings (SSSR count). The molecule has 132 valence electrons. The van der Waals surface area contributed by atoms with Crippen LogP contribution in [0.3, 0.4) is 0 Å². The van der Waals surface area contributed by atoms with Crippen molar-refractivity contribution < 1.29 is 9.59 Å². The Morgan fingerprint density at radius 3 is 2.04 bits per heavy atom. The molecule has 2 amide bonds. The molecule has 2 aromatic rings. The number of carbonyl (C=O) groups excluding carboxylic acids is 2. The number of rotatable bonds is 7. The molecular formula is C21H26N2O2. The predicted molar refractivity (Wildman–Crippen MR) is 100 cm³/mol. The molecule has 0 spiro atoms. The molecule has 1 atom stereocenters. The van der Waals surface area contributed by atoms with Gasteiger partial charge >= 0.3 is 0 Å². The third kappa shape index (κ3) is 5.75. The van der Waals surface area contributed by atoms with Crippen molar-refractivity contribution in [2.45, 2.75) is 45.8 Å². The highest BCUT2D eigenvalue weighted by Crippen LogP contribution is 2.11. The molecule has 0 fully saturated rings. The van der Waals surface area contributed by atoms with Gasteiger partial charge < -0.3 is 10.2 Å². The van der Waals surface area contributed by atoms with E-state index in [9.17, 15) is 9.59 Å². The van der Waals surface area contributed by atoms with Crippen LogP contribution < -0.4 is 5.32 Å². The lowest BCUT2D eigenvalue weighted by Crippen LogP contribution is -2.41. The summed E-state index contributed by atoms with van der Waals surface area (Å²) in [4.78, 5) is 26.7. The van der Waals surface area contributed by atoms with Crippen LogP contribution in [-0.4, -0.2) is 28.8 Å². The van der Waals surface area contributed by atoms with Gasteiger partial charge in [-0.2, -0.15) is 0 Å². The Balaban J connectivity index is 1.94. The van der Waals surface area contributed by atoms with Crippen LogP contribution in [-0.2, 0) is 11.3 Å². The molecule has 0 heterocycles. The van der Waals surface area contributed by atoms with E-state index in [1.807, 2.05) is 74.2 Å². The van der Waals surface area contributed by atoms with Crippen LogP contribution in [0.15, 0.2) is 60.7 Å². The van der Waals surface area contributed by atoms with Crippen LogP contribution in [0.4, 0.5) is 0 Å². The third-order valence-corrected chi connectivity index (χ3v) is 4.03. The highest BCUT2D eigenvalue weighted by Gasteiger charge is 2.20. The van der Waals surface area contributed by atoms with E-state index >= 15 is 0 Å².